The SMILES string of the molecule is CNC(=O)c1ccccc1-c1ccc(N2CCCC(NC(=O)Nc3ccc(Cl)cc3)C2=O)cc1. The number of nitrogens with one attached hydrogen (secondary N) is 3. The van der Waals surface area contributed by atoms with Crippen molar-refractivity contribution in [2.24, 2.45) is 0 Å². The number of benzene rings is 3. The van der Waals surface area contributed by atoms with Crippen molar-refractivity contribution in [2.75, 3.05) is 23.8 Å². The molecular formula is C26H25ClN4O3. The number of carbonyl (C=O) groups is 3. The summed E-state index contributed by atoms with van der Waals surface area (Å²) in [4.78, 5) is 39.4. The van der Waals surface area contributed by atoms with Gasteiger partial charge in [-0.2, -0.15) is 0 Å². The van der Waals surface area contributed by atoms with Crippen LogP contribution >= 0.6 is 11.6 Å². The van der Waals surface area contributed by atoms with Crippen molar-refractivity contribution in [1.82, 2.24) is 10.6 Å². The molecule has 1 aliphatic heterocycles. The lowest BCUT2D eigenvalue weighted by Crippen LogP contribution is -2.53. The summed E-state index contributed by atoms with van der Waals surface area (Å²) >= 11 is 5.87. The van der Waals surface area contributed by atoms with E-state index in [1.165, 1.54) is 0 Å². The zero-order chi connectivity index (χ0) is 24.1. The summed E-state index contributed by atoms with van der Waals surface area (Å²) in [6.45, 7) is 0.573. The highest BCUT2D eigenvalue weighted by Gasteiger charge is 2.31. The van der Waals surface area contributed by atoms with Crippen molar-refractivity contribution in [1.29, 1.82) is 0 Å². The van der Waals surface area contributed by atoms with E-state index in [-0.39, 0.29) is 11.8 Å². The van der Waals surface area contributed by atoms with Crippen LogP contribution in [0.5, 0.6) is 0 Å². The summed E-state index contributed by atoms with van der Waals surface area (Å²) < 4.78 is 0. The number of halogens is 1. The van der Waals surface area contributed by atoms with Crippen LogP contribution in [0.4, 0.5) is 16.2 Å². The highest BCUT2D eigenvalue weighted by Crippen LogP contribution is 2.28. The molecule has 8 heteroatoms. The highest BCUT2D eigenvalue weighted by molar-refractivity contribution is 6.30. The quantitative estimate of drug-likeness (QED) is 0.499. The summed E-state index contributed by atoms with van der Waals surface area (Å²) in [6, 6.07) is 20.6. The molecule has 0 bridgehead atoms. The fraction of sp³-hybridized carbons (Fsp3) is 0.192. The number of urea groups is 1. The first-order chi connectivity index (χ1) is 16.5. The zero-order valence-electron chi connectivity index (χ0n) is 18.7. The number of anilines is 2. The fourth-order valence-corrected chi connectivity index (χ4v) is 4.14. The summed E-state index contributed by atoms with van der Waals surface area (Å²) in [5.74, 6) is -0.312. The molecule has 34 heavy (non-hydrogen) atoms. The van der Waals surface area contributed by atoms with Gasteiger partial charge < -0.3 is 20.9 Å². The van der Waals surface area contributed by atoms with Crippen molar-refractivity contribution in [2.45, 2.75) is 18.9 Å². The van der Waals surface area contributed by atoms with E-state index in [9.17, 15) is 14.4 Å². The number of rotatable bonds is 5. The smallest absolute Gasteiger partial charge is 0.319 e. The molecule has 1 heterocycles. The molecule has 1 saturated heterocycles. The largest absolute Gasteiger partial charge is 0.355 e. The Labute approximate surface area is 203 Å². The molecule has 0 spiro atoms. The number of hydrogen-bond donors (Lipinski definition) is 3. The molecule has 1 atom stereocenters. The van der Waals surface area contributed by atoms with Gasteiger partial charge in [0.05, 0.1) is 0 Å². The molecule has 174 valence electrons. The Kier molecular flexibility index (Phi) is 7.13. The minimum atomic E-state index is -0.616. The minimum Gasteiger partial charge on any atom is -0.355 e. The molecule has 4 amide bonds. The van der Waals surface area contributed by atoms with E-state index >= 15 is 0 Å². The molecule has 1 aliphatic rings. The standard InChI is InChI=1S/C26H25ClN4O3/c1-28-24(32)22-6-3-2-5-21(22)17-8-14-20(15-9-17)31-16-4-7-23(25(31)33)30-26(34)29-19-12-10-18(27)11-13-19/h2-3,5-6,8-15,23H,4,7,16H2,1H3,(H,28,32)(H2,29,30,34). The Bertz CT molecular complexity index is 1200. The van der Waals surface area contributed by atoms with Gasteiger partial charge in [-0.1, -0.05) is 41.9 Å². The normalized spacial score (nSPS) is 15.5. The number of hydrogen-bond acceptors (Lipinski definition) is 3. The lowest BCUT2D eigenvalue weighted by Gasteiger charge is -2.32. The summed E-state index contributed by atoms with van der Waals surface area (Å²) in [6.07, 6.45) is 1.33. The number of carbonyl (C=O) groups excluding carboxylic acids is 3. The number of piperidine rings is 1. The fourth-order valence-electron chi connectivity index (χ4n) is 4.01. The number of amides is 4. The van der Waals surface area contributed by atoms with Gasteiger partial charge in [0.25, 0.3) is 5.91 Å². The average molecular weight is 477 g/mol. The van der Waals surface area contributed by atoms with Gasteiger partial charge in [-0.25, -0.2) is 4.79 Å². The van der Waals surface area contributed by atoms with Crippen molar-refractivity contribution < 1.29 is 14.4 Å². The van der Waals surface area contributed by atoms with E-state index in [0.29, 0.717) is 29.2 Å². The third kappa shape index (κ3) is 5.21. The van der Waals surface area contributed by atoms with E-state index in [4.69, 9.17) is 11.6 Å². The average Bonchev–Trinajstić information content (AvgIpc) is 2.86. The van der Waals surface area contributed by atoms with Gasteiger partial charge in [0.15, 0.2) is 0 Å². The maximum absolute atomic E-state index is 13.1. The van der Waals surface area contributed by atoms with E-state index < -0.39 is 12.1 Å². The minimum absolute atomic E-state index is 0.156. The topological polar surface area (TPSA) is 90.5 Å². The van der Waals surface area contributed by atoms with Crippen LogP contribution in [0, 0.1) is 0 Å². The Morgan fingerprint density at radius 3 is 2.38 bits per heavy atom. The van der Waals surface area contributed by atoms with Gasteiger partial charge >= 0.3 is 6.03 Å². The molecule has 3 aromatic rings. The summed E-state index contributed by atoms with van der Waals surface area (Å²) in [7, 11) is 1.60. The van der Waals surface area contributed by atoms with Gasteiger partial charge in [0.2, 0.25) is 5.91 Å². The van der Waals surface area contributed by atoms with Crippen LogP contribution in [-0.2, 0) is 4.79 Å². The first-order valence-electron chi connectivity index (χ1n) is 11.0. The predicted molar refractivity (Wildman–Crippen MR) is 134 cm³/mol. The molecule has 3 N–H and O–H groups in total. The van der Waals surface area contributed by atoms with Crippen molar-refractivity contribution in [3.05, 3.63) is 83.4 Å². The second-order valence-corrected chi connectivity index (χ2v) is 8.40. The maximum Gasteiger partial charge on any atom is 0.319 e. The lowest BCUT2D eigenvalue weighted by atomic mass is 9.98. The van der Waals surface area contributed by atoms with Crippen LogP contribution in [0.2, 0.25) is 5.02 Å². The molecule has 0 saturated carbocycles. The maximum atomic E-state index is 13.1. The molecule has 4 rings (SSSR count). The van der Waals surface area contributed by atoms with Crippen LogP contribution in [-0.4, -0.2) is 37.5 Å². The molecule has 3 aromatic carbocycles. The van der Waals surface area contributed by atoms with Gasteiger partial charge in [-0.15, -0.1) is 0 Å². The Balaban J connectivity index is 1.45. The van der Waals surface area contributed by atoms with E-state index in [1.807, 2.05) is 42.5 Å². The first kappa shape index (κ1) is 23.3. The molecular weight excluding hydrogens is 452 g/mol. The van der Waals surface area contributed by atoms with Crippen molar-refractivity contribution in [3.63, 3.8) is 0 Å². The Hall–Kier alpha value is -3.84. The Morgan fingerprint density at radius 2 is 1.68 bits per heavy atom. The van der Waals surface area contributed by atoms with Crippen LogP contribution in [0.1, 0.15) is 23.2 Å². The second-order valence-electron chi connectivity index (χ2n) is 7.96. The van der Waals surface area contributed by atoms with Crippen LogP contribution in [0.15, 0.2) is 72.8 Å². The van der Waals surface area contributed by atoms with Crippen molar-refractivity contribution >= 4 is 40.8 Å². The first-order valence-corrected chi connectivity index (χ1v) is 11.4. The van der Waals surface area contributed by atoms with Gasteiger partial charge in [0.1, 0.15) is 6.04 Å². The van der Waals surface area contributed by atoms with Crippen LogP contribution < -0.4 is 20.9 Å². The monoisotopic (exact) mass is 476 g/mol. The zero-order valence-corrected chi connectivity index (χ0v) is 19.4. The number of nitrogens with zero attached hydrogens (tertiary/aromatic N) is 1. The van der Waals surface area contributed by atoms with E-state index in [1.54, 1.807) is 42.3 Å². The van der Waals surface area contributed by atoms with Gasteiger partial charge in [0, 0.05) is 35.6 Å². The lowest BCUT2D eigenvalue weighted by molar-refractivity contribution is -0.121. The molecule has 0 radical (unpaired) electrons. The molecule has 1 fully saturated rings. The summed E-state index contributed by atoms with van der Waals surface area (Å²) in [5.41, 5.74) is 3.62. The van der Waals surface area contributed by atoms with Gasteiger partial charge in [-0.3, -0.25) is 9.59 Å². The molecule has 7 nitrogen and oxygen atoms in total. The Morgan fingerprint density at radius 1 is 0.971 bits per heavy atom. The van der Waals surface area contributed by atoms with E-state index in [2.05, 4.69) is 16.0 Å². The van der Waals surface area contributed by atoms with Crippen LogP contribution in [0.25, 0.3) is 11.1 Å². The second kappa shape index (κ2) is 10.4. The molecule has 1 unspecified atom stereocenters. The summed E-state index contributed by atoms with van der Waals surface area (Å²) in [5, 5.41) is 8.74. The molecule has 0 aliphatic carbocycles. The van der Waals surface area contributed by atoms with Gasteiger partial charge in [-0.05, 0) is 66.4 Å². The van der Waals surface area contributed by atoms with E-state index in [0.717, 1.165) is 23.2 Å². The van der Waals surface area contributed by atoms with Crippen molar-refractivity contribution in [3.8, 4) is 11.1 Å². The predicted octanol–water partition coefficient (Wildman–Crippen LogP) is 4.68. The third-order valence-corrected chi connectivity index (χ3v) is 5.99. The third-order valence-electron chi connectivity index (χ3n) is 5.73. The molecule has 0 aromatic heterocycles. The van der Waals surface area contributed by atoms with Crippen LogP contribution in [0.3, 0.4) is 0 Å². The highest BCUT2D eigenvalue weighted by atomic mass is 35.5.